The maximum Gasteiger partial charge on any atom is 0.434 e. The van der Waals surface area contributed by atoms with Gasteiger partial charge in [-0.05, 0) is 0 Å². The Kier molecular flexibility index (Phi) is 4.23. The summed E-state index contributed by atoms with van der Waals surface area (Å²) < 4.78 is 38.1. The second kappa shape index (κ2) is 5.91. The van der Waals surface area contributed by atoms with Gasteiger partial charge in [0, 0.05) is 43.5 Å². The number of amides is 1. The zero-order valence-electron chi connectivity index (χ0n) is 12.2. The minimum absolute atomic E-state index is 0.144. The molecule has 0 aliphatic carbocycles. The Morgan fingerprint density at radius 3 is 2.83 bits per heavy atom. The Hall–Kier alpha value is -1.39. The molecule has 2 saturated heterocycles. The van der Waals surface area contributed by atoms with Crippen molar-refractivity contribution in [3.8, 4) is 0 Å². The van der Waals surface area contributed by atoms with Crippen LogP contribution in [0.25, 0.3) is 0 Å². The van der Waals surface area contributed by atoms with Gasteiger partial charge in [-0.1, -0.05) is 0 Å². The van der Waals surface area contributed by atoms with Crippen LogP contribution in [0.15, 0.2) is 5.38 Å². The van der Waals surface area contributed by atoms with E-state index in [2.05, 4.69) is 15.6 Å². The van der Waals surface area contributed by atoms with Crippen molar-refractivity contribution >= 4 is 22.4 Å². The molecule has 1 spiro atoms. The third-order valence-corrected chi connectivity index (χ3v) is 5.28. The summed E-state index contributed by atoms with van der Waals surface area (Å²) in [5.41, 5.74) is -1.17. The van der Waals surface area contributed by atoms with Crippen molar-refractivity contribution in [2.75, 3.05) is 44.2 Å². The summed E-state index contributed by atoms with van der Waals surface area (Å²) in [7, 11) is 0. The second-order valence-electron chi connectivity index (χ2n) is 5.93. The number of anilines is 1. The van der Waals surface area contributed by atoms with Gasteiger partial charge < -0.3 is 20.6 Å². The molecule has 1 atom stereocenters. The number of aliphatic hydroxyl groups is 1. The molecule has 3 heterocycles. The molecule has 128 valence electrons. The lowest BCUT2D eigenvalue weighted by atomic mass is 9.72. The summed E-state index contributed by atoms with van der Waals surface area (Å²) in [5, 5.41) is 15.9. The van der Waals surface area contributed by atoms with E-state index in [1.54, 1.807) is 4.90 Å². The first-order valence-corrected chi connectivity index (χ1v) is 8.11. The lowest BCUT2D eigenvalue weighted by Gasteiger charge is -2.42. The van der Waals surface area contributed by atoms with Gasteiger partial charge in [-0.25, -0.2) is 4.98 Å². The molecule has 1 amide bonds. The molecule has 1 aromatic rings. The average molecular weight is 350 g/mol. The summed E-state index contributed by atoms with van der Waals surface area (Å²) in [6.07, 6.45) is -4.46. The highest BCUT2D eigenvalue weighted by Gasteiger charge is 2.54. The van der Waals surface area contributed by atoms with Crippen LogP contribution in [0, 0.1) is 11.3 Å². The van der Waals surface area contributed by atoms with Crippen molar-refractivity contribution in [3.63, 3.8) is 0 Å². The molecule has 0 bridgehead atoms. The molecule has 3 rings (SSSR count). The van der Waals surface area contributed by atoms with Crippen LogP contribution in [0.1, 0.15) is 5.69 Å². The molecule has 0 aromatic carbocycles. The van der Waals surface area contributed by atoms with Gasteiger partial charge in [0.1, 0.15) is 0 Å². The smallest absolute Gasteiger partial charge is 0.395 e. The van der Waals surface area contributed by atoms with Crippen LogP contribution in [0.4, 0.5) is 18.3 Å². The molecule has 23 heavy (non-hydrogen) atoms. The molecule has 2 aliphatic rings. The molecule has 0 saturated carbocycles. The number of rotatable bonds is 4. The summed E-state index contributed by atoms with van der Waals surface area (Å²) in [4.78, 5) is 17.7. The van der Waals surface area contributed by atoms with Crippen molar-refractivity contribution < 1.29 is 23.1 Å². The number of thiazole rings is 1. The number of carbonyl (C=O) groups is 1. The SMILES string of the molecule is O=C(NCCO)[C@@H]1CN(c2nc(C(F)(F)F)cs2)CC12CNC2. The van der Waals surface area contributed by atoms with E-state index in [1.807, 2.05) is 0 Å². The van der Waals surface area contributed by atoms with Gasteiger partial charge in [-0.2, -0.15) is 13.2 Å². The predicted molar refractivity (Wildman–Crippen MR) is 78.2 cm³/mol. The molecule has 6 nitrogen and oxygen atoms in total. The quantitative estimate of drug-likeness (QED) is 0.728. The van der Waals surface area contributed by atoms with Gasteiger partial charge >= 0.3 is 6.18 Å². The largest absolute Gasteiger partial charge is 0.434 e. The fourth-order valence-corrected chi connectivity index (χ4v) is 3.96. The highest BCUT2D eigenvalue weighted by molar-refractivity contribution is 7.13. The highest BCUT2D eigenvalue weighted by atomic mass is 32.1. The van der Waals surface area contributed by atoms with Crippen LogP contribution in [0.2, 0.25) is 0 Å². The normalized spacial score (nSPS) is 23.1. The number of hydrogen-bond donors (Lipinski definition) is 3. The van der Waals surface area contributed by atoms with Gasteiger partial charge in [0.25, 0.3) is 0 Å². The highest BCUT2D eigenvalue weighted by Crippen LogP contribution is 2.43. The Balaban J connectivity index is 1.76. The molecular weight excluding hydrogens is 333 g/mol. The Bertz CT molecular complexity index is 588. The van der Waals surface area contributed by atoms with E-state index in [-0.39, 0.29) is 30.4 Å². The minimum atomic E-state index is -4.46. The third-order valence-electron chi connectivity index (χ3n) is 4.38. The van der Waals surface area contributed by atoms with Crippen molar-refractivity contribution in [2.24, 2.45) is 11.3 Å². The Morgan fingerprint density at radius 1 is 1.57 bits per heavy atom. The zero-order valence-corrected chi connectivity index (χ0v) is 13.0. The molecule has 2 aliphatic heterocycles. The van der Waals surface area contributed by atoms with Gasteiger partial charge in [-0.15, -0.1) is 11.3 Å². The van der Waals surface area contributed by atoms with Gasteiger partial charge in [0.15, 0.2) is 10.8 Å². The van der Waals surface area contributed by atoms with E-state index in [9.17, 15) is 18.0 Å². The van der Waals surface area contributed by atoms with Gasteiger partial charge in [0.2, 0.25) is 5.91 Å². The van der Waals surface area contributed by atoms with E-state index in [0.29, 0.717) is 31.3 Å². The summed E-state index contributed by atoms with van der Waals surface area (Å²) in [5.74, 6) is -0.496. The van der Waals surface area contributed by atoms with Gasteiger partial charge in [-0.3, -0.25) is 4.79 Å². The van der Waals surface area contributed by atoms with Gasteiger partial charge in [0.05, 0.1) is 12.5 Å². The van der Waals surface area contributed by atoms with E-state index >= 15 is 0 Å². The van der Waals surface area contributed by atoms with Crippen LogP contribution in [-0.2, 0) is 11.0 Å². The van der Waals surface area contributed by atoms with Crippen LogP contribution >= 0.6 is 11.3 Å². The number of halogens is 3. The summed E-state index contributed by atoms with van der Waals surface area (Å²) >= 11 is 0.943. The van der Waals surface area contributed by atoms with E-state index in [1.165, 1.54) is 0 Å². The molecule has 1 aromatic heterocycles. The molecule has 2 fully saturated rings. The number of alkyl halides is 3. The summed E-state index contributed by atoms with van der Waals surface area (Å²) in [6, 6.07) is 0. The summed E-state index contributed by atoms with van der Waals surface area (Å²) in [6.45, 7) is 2.17. The first-order chi connectivity index (χ1) is 10.9. The van der Waals surface area contributed by atoms with Crippen LogP contribution in [-0.4, -0.2) is 55.3 Å². The van der Waals surface area contributed by atoms with Crippen LogP contribution < -0.4 is 15.5 Å². The molecule has 10 heteroatoms. The topological polar surface area (TPSA) is 77.5 Å². The fourth-order valence-electron chi connectivity index (χ4n) is 3.12. The van der Waals surface area contributed by atoms with Crippen molar-refractivity contribution in [2.45, 2.75) is 6.18 Å². The zero-order chi connectivity index (χ0) is 16.7. The Morgan fingerprint density at radius 2 is 2.30 bits per heavy atom. The standard InChI is InChI=1S/C13H17F3N4O2S/c14-13(15,16)9-4-23-11(19-9)20-3-8(10(22)18-1-2-21)12(7-20)5-17-6-12/h4,8,17,21H,1-3,5-7H2,(H,18,22)/t8-/m0/s1. The predicted octanol–water partition coefficient (Wildman–Crippen LogP) is 0.296. The maximum atomic E-state index is 12.7. The average Bonchev–Trinajstić information content (AvgIpc) is 3.07. The van der Waals surface area contributed by atoms with Crippen molar-refractivity contribution in [3.05, 3.63) is 11.1 Å². The van der Waals surface area contributed by atoms with E-state index < -0.39 is 11.9 Å². The monoisotopic (exact) mass is 350 g/mol. The number of nitrogens with one attached hydrogen (secondary N) is 2. The fraction of sp³-hybridized carbons (Fsp3) is 0.692. The second-order valence-corrected chi connectivity index (χ2v) is 6.76. The molecular formula is C13H17F3N4O2S. The minimum Gasteiger partial charge on any atom is -0.395 e. The first kappa shape index (κ1) is 16.5. The number of carbonyl (C=O) groups excluding carboxylic acids is 1. The molecule has 3 N–H and O–H groups in total. The van der Waals surface area contributed by atoms with Crippen LogP contribution in [0.3, 0.4) is 0 Å². The lowest BCUT2D eigenvalue weighted by molar-refractivity contribution is -0.140. The number of hydrogen-bond acceptors (Lipinski definition) is 6. The number of aliphatic hydroxyl groups excluding tert-OH is 1. The lowest BCUT2D eigenvalue weighted by Crippen LogP contribution is -2.60. The number of nitrogens with zero attached hydrogens (tertiary/aromatic N) is 2. The van der Waals surface area contributed by atoms with E-state index in [4.69, 9.17) is 5.11 Å². The maximum absolute atomic E-state index is 12.7. The van der Waals surface area contributed by atoms with Crippen LogP contribution in [0.5, 0.6) is 0 Å². The first-order valence-electron chi connectivity index (χ1n) is 7.23. The third kappa shape index (κ3) is 3.02. The molecule has 0 unspecified atom stereocenters. The molecule has 0 radical (unpaired) electrons. The number of aromatic nitrogens is 1. The van der Waals surface area contributed by atoms with E-state index in [0.717, 1.165) is 16.7 Å². The Labute approximate surface area is 134 Å². The van der Waals surface area contributed by atoms with Crippen molar-refractivity contribution in [1.29, 1.82) is 0 Å². The van der Waals surface area contributed by atoms with Crippen molar-refractivity contribution in [1.82, 2.24) is 15.6 Å².